The molecule has 0 fully saturated rings. The number of halogens is 3. The summed E-state index contributed by atoms with van der Waals surface area (Å²) in [5.41, 5.74) is 0. The Bertz CT molecular complexity index is 282. The molecule has 3 N–H and O–H groups in total. The number of aliphatic hydroxyl groups excluding tert-OH is 1. The van der Waals surface area contributed by atoms with Crippen LogP contribution in [-0.2, 0) is 4.79 Å². The van der Waals surface area contributed by atoms with E-state index in [0.717, 1.165) is 7.05 Å². The van der Waals surface area contributed by atoms with Gasteiger partial charge in [-0.1, -0.05) is 0 Å². The Kier molecular flexibility index (Phi) is 5.72. The lowest BCUT2D eigenvalue weighted by molar-refractivity contribution is -0.140. The van der Waals surface area contributed by atoms with E-state index in [0.29, 0.717) is 4.90 Å². The van der Waals surface area contributed by atoms with E-state index in [-0.39, 0.29) is 6.42 Å². The Morgan fingerprint density at radius 2 is 1.94 bits per heavy atom. The van der Waals surface area contributed by atoms with E-state index in [9.17, 15) is 22.8 Å². The molecule has 100 valence electrons. The van der Waals surface area contributed by atoms with Gasteiger partial charge >= 0.3 is 18.2 Å². The molecule has 0 saturated carbocycles. The molecule has 0 rings (SSSR count). The summed E-state index contributed by atoms with van der Waals surface area (Å²) in [6.07, 6.45) is -4.83. The van der Waals surface area contributed by atoms with Crippen LogP contribution in [0.1, 0.15) is 6.42 Å². The molecule has 0 spiro atoms. The van der Waals surface area contributed by atoms with Crippen molar-refractivity contribution in [2.24, 2.45) is 0 Å². The number of carbonyl (C=O) groups is 2. The number of hydrogen-bond donors (Lipinski definition) is 3. The molecule has 0 aromatic heterocycles. The van der Waals surface area contributed by atoms with Gasteiger partial charge in [-0.05, 0) is 0 Å². The zero-order valence-electron chi connectivity index (χ0n) is 8.99. The number of nitrogens with one attached hydrogen (secondary N) is 1. The summed E-state index contributed by atoms with van der Waals surface area (Å²) in [6, 6.07) is -2.58. The van der Waals surface area contributed by atoms with Gasteiger partial charge in [-0.25, -0.2) is 9.59 Å². The number of aliphatic hydroxyl groups is 1. The van der Waals surface area contributed by atoms with E-state index in [2.05, 4.69) is 0 Å². The fraction of sp³-hybridized carbons (Fsp3) is 0.750. The van der Waals surface area contributed by atoms with Gasteiger partial charge in [0.05, 0.1) is 0 Å². The topological polar surface area (TPSA) is 89.9 Å². The van der Waals surface area contributed by atoms with Gasteiger partial charge in [0.1, 0.15) is 12.6 Å². The monoisotopic (exact) mass is 258 g/mol. The van der Waals surface area contributed by atoms with E-state index >= 15 is 0 Å². The molecule has 0 radical (unpaired) electrons. The van der Waals surface area contributed by atoms with Crippen LogP contribution >= 0.6 is 0 Å². The molecular weight excluding hydrogens is 245 g/mol. The number of carboxylic acids is 1. The normalized spacial score (nSPS) is 13.0. The number of rotatable bonds is 5. The summed E-state index contributed by atoms with van der Waals surface area (Å²) in [5.74, 6) is -1.42. The van der Waals surface area contributed by atoms with Crippen LogP contribution in [0.5, 0.6) is 0 Å². The molecule has 2 amide bonds. The van der Waals surface area contributed by atoms with Crippen molar-refractivity contribution in [3.05, 3.63) is 0 Å². The van der Waals surface area contributed by atoms with Gasteiger partial charge in [0.2, 0.25) is 0 Å². The van der Waals surface area contributed by atoms with E-state index in [1.807, 2.05) is 5.32 Å². The van der Waals surface area contributed by atoms with E-state index < -0.39 is 37.4 Å². The number of urea groups is 1. The van der Waals surface area contributed by atoms with Gasteiger partial charge in [0.15, 0.2) is 0 Å². The lowest BCUT2D eigenvalue weighted by Gasteiger charge is -2.21. The molecule has 0 bridgehead atoms. The number of hydrogen-bond acceptors (Lipinski definition) is 3. The SMILES string of the molecule is CN(CC(F)(F)F)C(=O)NC(CCO)C(=O)O. The standard InChI is InChI=1S/C8H13F3N2O4/c1-13(4-8(9,10)11)7(17)12-5(2-3-14)6(15)16/h5,14H,2-4H2,1H3,(H,12,17)(H,15,16). The summed E-state index contributed by atoms with van der Waals surface area (Å²) in [7, 11) is 0.890. The maximum Gasteiger partial charge on any atom is 0.406 e. The first kappa shape index (κ1) is 15.5. The Labute approximate surface area is 95.0 Å². The second-order valence-corrected chi connectivity index (χ2v) is 3.32. The second kappa shape index (κ2) is 6.28. The summed E-state index contributed by atoms with van der Waals surface area (Å²) in [6.45, 7) is -1.98. The molecule has 1 atom stereocenters. The van der Waals surface area contributed by atoms with Crippen molar-refractivity contribution < 1.29 is 33.0 Å². The third kappa shape index (κ3) is 6.61. The molecule has 0 aromatic carbocycles. The van der Waals surface area contributed by atoms with Crippen molar-refractivity contribution in [3.8, 4) is 0 Å². The van der Waals surface area contributed by atoms with Crippen LogP contribution < -0.4 is 5.32 Å². The fourth-order valence-corrected chi connectivity index (χ4v) is 0.986. The highest BCUT2D eigenvalue weighted by atomic mass is 19.4. The van der Waals surface area contributed by atoms with Crippen LogP contribution in [0.3, 0.4) is 0 Å². The van der Waals surface area contributed by atoms with Crippen molar-refractivity contribution in [1.82, 2.24) is 10.2 Å². The summed E-state index contributed by atoms with van der Waals surface area (Å²) < 4.78 is 35.8. The maximum atomic E-state index is 11.9. The zero-order chi connectivity index (χ0) is 13.6. The van der Waals surface area contributed by atoms with Crippen molar-refractivity contribution in [2.45, 2.75) is 18.6 Å². The largest absolute Gasteiger partial charge is 0.480 e. The Balaban J connectivity index is 4.35. The molecule has 0 aliphatic heterocycles. The van der Waals surface area contributed by atoms with Crippen LogP contribution in [0.15, 0.2) is 0 Å². The van der Waals surface area contributed by atoms with Gasteiger partial charge in [-0.3, -0.25) is 0 Å². The first-order valence-electron chi connectivity index (χ1n) is 4.59. The minimum absolute atomic E-state index is 0.277. The van der Waals surface area contributed by atoms with E-state index in [1.54, 1.807) is 0 Å². The summed E-state index contributed by atoms with van der Waals surface area (Å²) in [4.78, 5) is 22.1. The predicted molar refractivity (Wildman–Crippen MR) is 50.3 cm³/mol. The summed E-state index contributed by atoms with van der Waals surface area (Å²) in [5, 5.41) is 19.0. The van der Waals surface area contributed by atoms with Gasteiger partial charge in [0, 0.05) is 20.1 Å². The van der Waals surface area contributed by atoms with Gasteiger partial charge < -0.3 is 20.4 Å². The zero-order valence-corrected chi connectivity index (χ0v) is 8.99. The fourth-order valence-electron chi connectivity index (χ4n) is 0.986. The molecule has 9 heteroatoms. The highest BCUT2D eigenvalue weighted by Crippen LogP contribution is 2.15. The third-order valence-corrected chi connectivity index (χ3v) is 1.78. The molecule has 0 saturated heterocycles. The molecule has 0 heterocycles. The average Bonchev–Trinajstić information content (AvgIpc) is 2.13. The van der Waals surface area contributed by atoms with Crippen molar-refractivity contribution in [1.29, 1.82) is 0 Å². The van der Waals surface area contributed by atoms with Crippen molar-refractivity contribution in [3.63, 3.8) is 0 Å². The first-order chi connectivity index (χ1) is 7.67. The van der Waals surface area contributed by atoms with Crippen molar-refractivity contribution >= 4 is 12.0 Å². The number of carboxylic acid groups (broad SMARTS) is 1. The highest BCUT2D eigenvalue weighted by molar-refractivity contribution is 5.82. The minimum atomic E-state index is -4.55. The Morgan fingerprint density at radius 3 is 2.29 bits per heavy atom. The highest BCUT2D eigenvalue weighted by Gasteiger charge is 2.32. The molecule has 6 nitrogen and oxygen atoms in total. The molecule has 1 unspecified atom stereocenters. The van der Waals surface area contributed by atoms with Crippen LogP contribution in [0.25, 0.3) is 0 Å². The third-order valence-electron chi connectivity index (χ3n) is 1.78. The molecular formula is C8H13F3N2O4. The molecule has 0 aliphatic carbocycles. The number of nitrogens with zero attached hydrogens (tertiary/aromatic N) is 1. The van der Waals surface area contributed by atoms with Gasteiger partial charge in [-0.15, -0.1) is 0 Å². The predicted octanol–water partition coefficient (Wildman–Crippen LogP) is 0.0257. The lowest BCUT2D eigenvalue weighted by Crippen LogP contribution is -2.49. The second-order valence-electron chi connectivity index (χ2n) is 3.32. The van der Waals surface area contributed by atoms with Crippen LogP contribution in [0.2, 0.25) is 0 Å². The Morgan fingerprint density at radius 1 is 1.41 bits per heavy atom. The van der Waals surface area contributed by atoms with Crippen molar-refractivity contribution in [2.75, 3.05) is 20.2 Å². The van der Waals surface area contributed by atoms with Gasteiger partial charge in [-0.2, -0.15) is 13.2 Å². The smallest absolute Gasteiger partial charge is 0.406 e. The van der Waals surface area contributed by atoms with Crippen LogP contribution in [-0.4, -0.2) is 59.5 Å². The number of carbonyl (C=O) groups excluding carboxylic acids is 1. The lowest BCUT2D eigenvalue weighted by atomic mass is 10.2. The number of amides is 2. The molecule has 0 aromatic rings. The average molecular weight is 258 g/mol. The number of alkyl halides is 3. The maximum absolute atomic E-state index is 11.9. The molecule has 0 aliphatic rings. The van der Waals surface area contributed by atoms with Crippen LogP contribution in [0.4, 0.5) is 18.0 Å². The van der Waals surface area contributed by atoms with E-state index in [1.165, 1.54) is 0 Å². The Hall–Kier alpha value is -1.51. The van der Waals surface area contributed by atoms with Crippen LogP contribution in [0, 0.1) is 0 Å². The summed E-state index contributed by atoms with van der Waals surface area (Å²) >= 11 is 0. The van der Waals surface area contributed by atoms with E-state index in [4.69, 9.17) is 10.2 Å². The number of aliphatic carboxylic acids is 1. The molecule has 17 heavy (non-hydrogen) atoms. The first-order valence-corrected chi connectivity index (χ1v) is 4.59. The minimum Gasteiger partial charge on any atom is -0.480 e. The quantitative estimate of drug-likeness (QED) is 0.648. The van der Waals surface area contributed by atoms with Gasteiger partial charge in [0.25, 0.3) is 0 Å².